The molecule has 106 valence electrons. The van der Waals surface area contributed by atoms with E-state index in [0.717, 1.165) is 4.90 Å². The number of hydrogen-bond donors (Lipinski definition) is 2. The molecular formula is C11H18N4O4. The first-order chi connectivity index (χ1) is 8.95. The summed E-state index contributed by atoms with van der Waals surface area (Å²) in [7, 11) is 3.01. The molecule has 0 aliphatic heterocycles. The van der Waals surface area contributed by atoms with Crippen LogP contribution in [0.3, 0.4) is 0 Å². The fourth-order valence-electron chi connectivity index (χ4n) is 1.29. The van der Waals surface area contributed by atoms with Crippen molar-refractivity contribution in [1.29, 1.82) is 0 Å². The molecule has 0 aromatic carbocycles. The van der Waals surface area contributed by atoms with Crippen LogP contribution in [-0.2, 0) is 16.1 Å². The fraction of sp³-hybridized carbons (Fsp3) is 0.545. The molecule has 1 heterocycles. The van der Waals surface area contributed by atoms with Gasteiger partial charge in [0.1, 0.15) is 6.04 Å². The number of carboxylic acid groups (broad SMARTS) is 1. The zero-order valence-electron chi connectivity index (χ0n) is 11.2. The topological polar surface area (TPSA) is 96.7 Å². The van der Waals surface area contributed by atoms with Gasteiger partial charge in [-0.3, -0.25) is 4.68 Å². The quantitative estimate of drug-likeness (QED) is 0.783. The van der Waals surface area contributed by atoms with E-state index in [4.69, 9.17) is 9.84 Å². The summed E-state index contributed by atoms with van der Waals surface area (Å²) in [6.07, 6.45) is 3.14. The molecule has 1 rings (SSSR count). The molecule has 0 fully saturated rings. The van der Waals surface area contributed by atoms with Gasteiger partial charge in [-0.15, -0.1) is 0 Å². The number of anilines is 1. The zero-order chi connectivity index (χ0) is 14.4. The number of ether oxygens (including phenoxy) is 1. The molecule has 0 aliphatic rings. The van der Waals surface area contributed by atoms with Gasteiger partial charge in [-0.05, 0) is 6.92 Å². The molecule has 0 saturated carbocycles. The first-order valence-corrected chi connectivity index (χ1v) is 5.73. The van der Waals surface area contributed by atoms with Crippen LogP contribution in [0.25, 0.3) is 0 Å². The van der Waals surface area contributed by atoms with Crippen molar-refractivity contribution in [1.82, 2.24) is 14.7 Å². The maximum atomic E-state index is 11.8. The molecule has 2 amide bonds. The number of nitrogens with zero attached hydrogens (tertiary/aromatic N) is 3. The standard InChI is InChI=1S/C11H18N4O4/c1-8(10(16)17)14(2)11(18)13-9-6-12-15(7-9)4-5-19-3/h6-8H,4-5H2,1-3H3,(H,13,18)(H,16,17). The number of carbonyl (C=O) groups excluding carboxylic acids is 1. The highest BCUT2D eigenvalue weighted by molar-refractivity contribution is 5.91. The number of likely N-dealkylation sites (N-methyl/N-ethyl adjacent to an activating group) is 1. The molecule has 0 bridgehead atoms. The van der Waals surface area contributed by atoms with Crippen LogP contribution in [0.2, 0.25) is 0 Å². The van der Waals surface area contributed by atoms with Crippen molar-refractivity contribution in [3.63, 3.8) is 0 Å². The summed E-state index contributed by atoms with van der Waals surface area (Å²) in [4.78, 5) is 23.6. The van der Waals surface area contributed by atoms with Crippen LogP contribution in [0, 0.1) is 0 Å². The highest BCUT2D eigenvalue weighted by atomic mass is 16.5. The van der Waals surface area contributed by atoms with E-state index in [-0.39, 0.29) is 0 Å². The second kappa shape index (κ2) is 6.74. The summed E-state index contributed by atoms with van der Waals surface area (Å²) in [6.45, 7) is 2.53. The van der Waals surface area contributed by atoms with Crippen LogP contribution >= 0.6 is 0 Å². The van der Waals surface area contributed by atoms with Crippen LogP contribution in [0.1, 0.15) is 6.92 Å². The monoisotopic (exact) mass is 270 g/mol. The SMILES string of the molecule is COCCn1cc(NC(=O)N(C)C(C)C(=O)O)cn1. The molecule has 0 spiro atoms. The molecule has 8 nitrogen and oxygen atoms in total. The molecule has 1 unspecified atom stereocenters. The molecule has 8 heteroatoms. The minimum Gasteiger partial charge on any atom is -0.480 e. The summed E-state index contributed by atoms with van der Waals surface area (Å²) in [5.41, 5.74) is 0.505. The van der Waals surface area contributed by atoms with Crippen molar-refractivity contribution in [3.05, 3.63) is 12.4 Å². The number of rotatable bonds is 6. The Bertz CT molecular complexity index is 446. The smallest absolute Gasteiger partial charge is 0.326 e. The van der Waals surface area contributed by atoms with E-state index in [0.29, 0.717) is 18.8 Å². The third-order valence-corrected chi connectivity index (χ3v) is 2.67. The number of nitrogens with one attached hydrogen (secondary N) is 1. The van der Waals surface area contributed by atoms with E-state index in [1.165, 1.54) is 20.2 Å². The van der Waals surface area contributed by atoms with Crippen molar-refractivity contribution in [3.8, 4) is 0 Å². The van der Waals surface area contributed by atoms with Crippen LogP contribution in [0.15, 0.2) is 12.4 Å². The van der Waals surface area contributed by atoms with Gasteiger partial charge in [-0.2, -0.15) is 5.10 Å². The third-order valence-electron chi connectivity index (χ3n) is 2.67. The average molecular weight is 270 g/mol. The lowest BCUT2D eigenvalue weighted by Crippen LogP contribution is -2.42. The van der Waals surface area contributed by atoms with Crippen molar-refractivity contribution in [2.24, 2.45) is 0 Å². The van der Waals surface area contributed by atoms with Crippen molar-refractivity contribution in [2.75, 3.05) is 26.1 Å². The molecule has 1 aromatic rings. The van der Waals surface area contributed by atoms with Crippen molar-refractivity contribution in [2.45, 2.75) is 19.5 Å². The average Bonchev–Trinajstić information content (AvgIpc) is 2.81. The first-order valence-electron chi connectivity index (χ1n) is 5.73. The third kappa shape index (κ3) is 4.25. The molecule has 19 heavy (non-hydrogen) atoms. The summed E-state index contributed by atoms with van der Waals surface area (Å²) in [6, 6.07) is -1.40. The Labute approximate surface area is 110 Å². The maximum absolute atomic E-state index is 11.8. The zero-order valence-corrected chi connectivity index (χ0v) is 11.2. The van der Waals surface area contributed by atoms with Crippen LogP contribution < -0.4 is 5.32 Å². The fourth-order valence-corrected chi connectivity index (χ4v) is 1.29. The van der Waals surface area contributed by atoms with Crippen LogP contribution in [-0.4, -0.2) is 58.6 Å². The minimum absolute atomic E-state index is 0.499. The van der Waals surface area contributed by atoms with E-state index in [2.05, 4.69) is 10.4 Å². The van der Waals surface area contributed by atoms with E-state index in [1.54, 1.807) is 18.0 Å². The summed E-state index contributed by atoms with van der Waals surface area (Å²) >= 11 is 0. The Morgan fingerprint density at radius 2 is 2.32 bits per heavy atom. The predicted molar refractivity (Wildman–Crippen MR) is 68.0 cm³/mol. The number of urea groups is 1. The molecule has 1 atom stereocenters. The molecule has 0 radical (unpaired) electrons. The largest absolute Gasteiger partial charge is 0.480 e. The number of carboxylic acids is 1. The van der Waals surface area contributed by atoms with E-state index < -0.39 is 18.0 Å². The lowest BCUT2D eigenvalue weighted by atomic mass is 10.3. The maximum Gasteiger partial charge on any atom is 0.326 e. The lowest BCUT2D eigenvalue weighted by Gasteiger charge is -2.21. The summed E-state index contributed by atoms with van der Waals surface area (Å²) in [5.74, 6) is -1.06. The van der Waals surface area contributed by atoms with Crippen LogP contribution in [0.5, 0.6) is 0 Å². The van der Waals surface area contributed by atoms with Crippen LogP contribution in [0.4, 0.5) is 10.5 Å². The van der Waals surface area contributed by atoms with E-state index >= 15 is 0 Å². The van der Waals surface area contributed by atoms with Gasteiger partial charge < -0.3 is 20.1 Å². The highest BCUT2D eigenvalue weighted by Crippen LogP contribution is 2.07. The van der Waals surface area contributed by atoms with Gasteiger partial charge in [-0.25, -0.2) is 9.59 Å². The molecule has 0 saturated heterocycles. The van der Waals surface area contributed by atoms with Gasteiger partial charge in [0.2, 0.25) is 0 Å². The van der Waals surface area contributed by atoms with Gasteiger partial charge >= 0.3 is 12.0 Å². The van der Waals surface area contributed by atoms with Crippen molar-refractivity contribution < 1.29 is 19.4 Å². The molecular weight excluding hydrogens is 252 g/mol. The second-order valence-corrected chi connectivity index (χ2v) is 4.04. The molecule has 2 N–H and O–H groups in total. The number of carbonyl (C=O) groups is 2. The Balaban J connectivity index is 2.56. The summed E-state index contributed by atoms with van der Waals surface area (Å²) in [5, 5.41) is 15.4. The number of aliphatic carboxylic acids is 1. The Morgan fingerprint density at radius 1 is 1.63 bits per heavy atom. The predicted octanol–water partition coefficient (Wildman–Crippen LogP) is 0.466. The highest BCUT2D eigenvalue weighted by Gasteiger charge is 2.21. The van der Waals surface area contributed by atoms with Gasteiger partial charge in [0.05, 0.1) is 25.0 Å². The molecule has 1 aromatic heterocycles. The second-order valence-electron chi connectivity index (χ2n) is 4.04. The molecule has 0 aliphatic carbocycles. The minimum atomic E-state index is -1.06. The van der Waals surface area contributed by atoms with Gasteiger partial charge in [-0.1, -0.05) is 0 Å². The van der Waals surface area contributed by atoms with Crippen molar-refractivity contribution >= 4 is 17.7 Å². The normalized spacial score (nSPS) is 11.9. The van der Waals surface area contributed by atoms with Gasteiger partial charge in [0.15, 0.2) is 0 Å². The lowest BCUT2D eigenvalue weighted by molar-refractivity contribution is -0.141. The Hall–Kier alpha value is -2.09. The van der Waals surface area contributed by atoms with E-state index in [9.17, 15) is 9.59 Å². The number of methoxy groups -OCH3 is 1. The number of hydrogen-bond acceptors (Lipinski definition) is 4. The van der Waals surface area contributed by atoms with E-state index in [1.807, 2.05) is 0 Å². The summed E-state index contributed by atoms with van der Waals surface area (Å²) < 4.78 is 6.54. The van der Waals surface area contributed by atoms with Gasteiger partial charge in [0.25, 0.3) is 0 Å². The number of aromatic nitrogens is 2. The Kier molecular flexibility index (Phi) is 5.31. The van der Waals surface area contributed by atoms with Gasteiger partial charge in [0, 0.05) is 20.4 Å². The first kappa shape index (κ1) is 15.0. The number of amides is 2. The Morgan fingerprint density at radius 3 is 2.89 bits per heavy atom.